The third-order valence-electron chi connectivity index (χ3n) is 1.34. The van der Waals surface area contributed by atoms with Crippen LogP contribution in [0.1, 0.15) is 26.2 Å². The third-order valence-corrected chi connectivity index (χ3v) is 1.34. The van der Waals surface area contributed by atoms with Gasteiger partial charge in [-0.25, -0.2) is 0 Å². The quantitative estimate of drug-likeness (QED) is 0.428. The molecule has 2 N–H and O–H groups in total. The van der Waals surface area contributed by atoms with Gasteiger partial charge in [0.25, 0.3) is 0 Å². The van der Waals surface area contributed by atoms with Gasteiger partial charge in [-0.2, -0.15) is 0 Å². The molecule has 0 aromatic rings. The molecule has 0 saturated heterocycles. The van der Waals surface area contributed by atoms with E-state index in [-0.39, 0.29) is 0 Å². The predicted molar refractivity (Wildman–Crippen MR) is 45.4 cm³/mol. The van der Waals surface area contributed by atoms with Gasteiger partial charge in [0.2, 0.25) is 0 Å². The van der Waals surface area contributed by atoms with E-state index in [4.69, 9.17) is 15.2 Å². The summed E-state index contributed by atoms with van der Waals surface area (Å²) in [5.74, 6) is 0. The molecule has 0 spiro atoms. The molecule has 0 saturated carbocycles. The zero-order chi connectivity index (χ0) is 8.36. The van der Waals surface area contributed by atoms with Gasteiger partial charge in [-0.15, -0.1) is 0 Å². The SMILES string of the molecule is CCCCOCCCOCN. The fourth-order valence-corrected chi connectivity index (χ4v) is 0.695. The van der Waals surface area contributed by atoms with Crippen LogP contribution in [0.15, 0.2) is 0 Å². The lowest BCUT2D eigenvalue weighted by Gasteiger charge is -2.02. The summed E-state index contributed by atoms with van der Waals surface area (Å²) in [7, 11) is 0. The van der Waals surface area contributed by atoms with E-state index in [1.807, 2.05) is 0 Å². The van der Waals surface area contributed by atoms with Gasteiger partial charge in [-0.3, -0.25) is 0 Å². The minimum absolute atomic E-state index is 0.314. The van der Waals surface area contributed by atoms with E-state index in [9.17, 15) is 0 Å². The molecular formula is C8H19NO2. The van der Waals surface area contributed by atoms with Crippen LogP contribution in [0.2, 0.25) is 0 Å². The van der Waals surface area contributed by atoms with Crippen LogP contribution >= 0.6 is 0 Å². The smallest absolute Gasteiger partial charge is 0.0940 e. The van der Waals surface area contributed by atoms with Crippen LogP contribution in [0, 0.1) is 0 Å². The first-order valence-electron chi connectivity index (χ1n) is 4.27. The first-order valence-corrected chi connectivity index (χ1v) is 4.27. The standard InChI is InChI=1S/C8H19NO2/c1-2-3-5-10-6-4-7-11-8-9/h2-9H2,1H3. The summed E-state index contributed by atoms with van der Waals surface area (Å²) in [5, 5.41) is 0. The fourth-order valence-electron chi connectivity index (χ4n) is 0.695. The van der Waals surface area contributed by atoms with Gasteiger partial charge in [0, 0.05) is 13.2 Å². The van der Waals surface area contributed by atoms with Crippen molar-refractivity contribution in [1.29, 1.82) is 0 Å². The molecule has 0 aliphatic carbocycles. The van der Waals surface area contributed by atoms with Crippen LogP contribution in [0.3, 0.4) is 0 Å². The Hall–Kier alpha value is -0.120. The zero-order valence-electron chi connectivity index (χ0n) is 7.34. The van der Waals surface area contributed by atoms with E-state index in [0.29, 0.717) is 13.3 Å². The molecule has 0 fully saturated rings. The summed E-state index contributed by atoms with van der Waals surface area (Å²) in [4.78, 5) is 0. The monoisotopic (exact) mass is 161 g/mol. The van der Waals surface area contributed by atoms with Crippen molar-refractivity contribution in [2.75, 3.05) is 26.6 Å². The summed E-state index contributed by atoms with van der Waals surface area (Å²) in [6.45, 7) is 4.84. The van der Waals surface area contributed by atoms with E-state index in [1.165, 1.54) is 6.42 Å². The minimum Gasteiger partial charge on any atom is -0.381 e. The van der Waals surface area contributed by atoms with Crippen molar-refractivity contribution in [2.45, 2.75) is 26.2 Å². The second-order valence-electron chi connectivity index (χ2n) is 2.39. The average Bonchev–Trinajstić information content (AvgIpc) is 2.03. The van der Waals surface area contributed by atoms with Crippen LogP contribution in [0.4, 0.5) is 0 Å². The molecule has 3 nitrogen and oxygen atoms in total. The number of hydrogen-bond donors (Lipinski definition) is 1. The number of unbranched alkanes of at least 4 members (excludes halogenated alkanes) is 1. The van der Waals surface area contributed by atoms with Gasteiger partial charge in [0.05, 0.1) is 13.3 Å². The van der Waals surface area contributed by atoms with Crippen molar-refractivity contribution in [2.24, 2.45) is 5.73 Å². The van der Waals surface area contributed by atoms with E-state index >= 15 is 0 Å². The Morgan fingerprint density at radius 1 is 1.00 bits per heavy atom. The molecule has 0 aromatic carbocycles. The van der Waals surface area contributed by atoms with Crippen LogP contribution in [-0.2, 0) is 9.47 Å². The van der Waals surface area contributed by atoms with Crippen molar-refractivity contribution >= 4 is 0 Å². The molecule has 0 radical (unpaired) electrons. The Morgan fingerprint density at radius 3 is 2.27 bits per heavy atom. The lowest BCUT2D eigenvalue weighted by molar-refractivity contribution is 0.0842. The van der Waals surface area contributed by atoms with E-state index in [2.05, 4.69) is 6.92 Å². The molecule has 0 bridgehead atoms. The number of hydrogen-bond acceptors (Lipinski definition) is 3. The second kappa shape index (κ2) is 9.88. The minimum atomic E-state index is 0.314. The highest BCUT2D eigenvalue weighted by Crippen LogP contribution is 1.89. The van der Waals surface area contributed by atoms with Gasteiger partial charge in [-0.05, 0) is 12.8 Å². The highest BCUT2D eigenvalue weighted by molar-refractivity contribution is 4.35. The molecule has 0 amide bonds. The molecule has 3 heteroatoms. The van der Waals surface area contributed by atoms with E-state index in [0.717, 1.165) is 26.1 Å². The van der Waals surface area contributed by atoms with Crippen LogP contribution < -0.4 is 5.73 Å². The molecule has 0 atom stereocenters. The van der Waals surface area contributed by atoms with Crippen LogP contribution in [-0.4, -0.2) is 26.6 Å². The summed E-state index contributed by atoms with van der Waals surface area (Å²) in [6, 6.07) is 0. The number of rotatable bonds is 8. The fraction of sp³-hybridized carbons (Fsp3) is 1.00. The van der Waals surface area contributed by atoms with Crippen molar-refractivity contribution < 1.29 is 9.47 Å². The van der Waals surface area contributed by atoms with Gasteiger partial charge < -0.3 is 15.2 Å². The molecule has 0 unspecified atom stereocenters. The van der Waals surface area contributed by atoms with Crippen molar-refractivity contribution in [1.82, 2.24) is 0 Å². The van der Waals surface area contributed by atoms with Crippen LogP contribution in [0.5, 0.6) is 0 Å². The number of ether oxygens (including phenoxy) is 2. The Labute approximate surface area is 68.9 Å². The summed E-state index contributed by atoms with van der Waals surface area (Å²) >= 11 is 0. The Kier molecular flexibility index (Phi) is 9.77. The summed E-state index contributed by atoms with van der Waals surface area (Å²) < 4.78 is 10.2. The molecule has 0 rings (SSSR count). The Bertz CT molecular complexity index is 61.1. The zero-order valence-corrected chi connectivity index (χ0v) is 7.34. The third kappa shape index (κ3) is 9.88. The largest absolute Gasteiger partial charge is 0.381 e. The Morgan fingerprint density at radius 2 is 1.64 bits per heavy atom. The maximum atomic E-state index is 5.30. The van der Waals surface area contributed by atoms with E-state index < -0.39 is 0 Å². The second-order valence-corrected chi connectivity index (χ2v) is 2.39. The summed E-state index contributed by atoms with van der Waals surface area (Å²) in [5.41, 5.74) is 5.13. The van der Waals surface area contributed by atoms with Gasteiger partial charge in [0.15, 0.2) is 0 Å². The van der Waals surface area contributed by atoms with Crippen molar-refractivity contribution in [3.63, 3.8) is 0 Å². The number of nitrogens with two attached hydrogens (primary N) is 1. The highest BCUT2D eigenvalue weighted by Gasteiger charge is 1.87. The Balaban J connectivity index is 2.69. The maximum absolute atomic E-state index is 5.30. The highest BCUT2D eigenvalue weighted by atomic mass is 16.5. The predicted octanol–water partition coefficient (Wildman–Crippen LogP) is 1.13. The summed E-state index contributed by atoms with van der Waals surface area (Å²) in [6.07, 6.45) is 3.29. The molecule has 0 heterocycles. The van der Waals surface area contributed by atoms with Gasteiger partial charge in [-0.1, -0.05) is 13.3 Å². The first-order chi connectivity index (χ1) is 5.41. The maximum Gasteiger partial charge on any atom is 0.0940 e. The van der Waals surface area contributed by atoms with E-state index in [1.54, 1.807) is 0 Å². The van der Waals surface area contributed by atoms with Crippen molar-refractivity contribution in [3.8, 4) is 0 Å². The molecule has 68 valence electrons. The van der Waals surface area contributed by atoms with Gasteiger partial charge in [0.1, 0.15) is 0 Å². The van der Waals surface area contributed by atoms with Crippen LogP contribution in [0.25, 0.3) is 0 Å². The normalized spacial score (nSPS) is 10.4. The molecule has 0 aliphatic rings. The lowest BCUT2D eigenvalue weighted by Crippen LogP contribution is -2.07. The van der Waals surface area contributed by atoms with Crippen molar-refractivity contribution in [3.05, 3.63) is 0 Å². The molecule has 0 aliphatic heterocycles. The molecular weight excluding hydrogens is 142 g/mol. The lowest BCUT2D eigenvalue weighted by atomic mass is 10.4. The molecule has 0 aromatic heterocycles. The molecule has 11 heavy (non-hydrogen) atoms. The topological polar surface area (TPSA) is 44.5 Å². The average molecular weight is 161 g/mol. The van der Waals surface area contributed by atoms with Gasteiger partial charge >= 0.3 is 0 Å². The first kappa shape index (κ1) is 10.9.